The van der Waals surface area contributed by atoms with Gasteiger partial charge in [0.1, 0.15) is 0 Å². The first-order chi connectivity index (χ1) is 3.41. The summed E-state index contributed by atoms with van der Waals surface area (Å²) in [6.07, 6.45) is 0. The average Bonchev–Trinajstić information content (AvgIpc) is 2.15. The molecule has 1 spiro atoms. The monoisotopic (exact) mass is 136 g/mol. The second-order valence-corrected chi connectivity index (χ2v) is 4.77. The normalized spacial score (nSPS) is 36.6. The van der Waals surface area contributed by atoms with E-state index in [9.17, 15) is 0 Å². The van der Waals surface area contributed by atoms with E-state index in [1.165, 1.54) is 0 Å². The van der Waals surface area contributed by atoms with E-state index in [1.807, 2.05) is 10.8 Å². The van der Waals surface area contributed by atoms with Crippen molar-refractivity contribution < 1.29 is 8.67 Å². The molecule has 2 aliphatic rings. The van der Waals surface area contributed by atoms with E-state index in [1.54, 1.807) is 11.8 Å². The molecule has 0 saturated carbocycles. The molecule has 2 heterocycles. The summed E-state index contributed by atoms with van der Waals surface area (Å²) >= 11 is 1.75. The Balaban J connectivity index is 2.22. The minimum absolute atomic E-state index is 1.01. The van der Waals surface area contributed by atoms with E-state index in [0.29, 0.717) is 0 Å². The van der Waals surface area contributed by atoms with Crippen LogP contribution in [0.3, 0.4) is 0 Å². The first-order valence-electron chi connectivity index (χ1n) is 1.88. The summed E-state index contributed by atoms with van der Waals surface area (Å²) in [6, 6.07) is 0. The fraction of sp³-hybridized carbons (Fsp3) is 0.333. The third kappa shape index (κ3) is 0.586. The van der Waals surface area contributed by atoms with Crippen molar-refractivity contribution in [2.24, 2.45) is 0 Å². The lowest BCUT2D eigenvalue weighted by molar-refractivity contribution is 0.0850. The number of thioether (sulfide) groups is 1. The SMILES string of the molecule is C1=CS2(CS1)OO2. The molecule has 1 saturated heterocycles. The molecule has 40 valence electrons. The first kappa shape index (κ1) is 4.26. The fourth-order valence-electron chi connectivity index (χ4n) is 0.418. The van der Waals surface area contributed by atoms with Crippen LogP contribution < -0.4 is 0 Å². The van der Waals surface area contributed by atoms with Gasteiger partial charge in [-0.2, -0.15) is 0 Å². The maximum atomic E-state index is 4.73. The van der Waals surface area contributed by atoms with Crippen LogP contribution in [0.25, 0.3) is 0 Å². The van der Waals surface area contributed by atoms with Gasteiger partial charge in [-0.05, 0) is 5.41 Å². The molecule has 2 nitrogen and oxygen atoms in total. The van der Waals surface area contributed by atoms with E-state index in [2.05, 4.69) is 0 Å². The molecule has 0 aromatic rings. The molecule has 0 aromatic heterocycles. The highest BCUT2D eigenvalue weighted by Gasteiger charge is 2.38. The third-order valence-electron chi connectivity index (χ3n) is 0.834. The fourth-order valence-corrected chi connectivity index (χ4v) is 3.49. The van der Waals surface area contributed by atoms with Crippen LogP contribution in [0, 0.1) is 0 Å². The van der Waals surface area contributed by atoms with Gasteiger partial charge in [0.05, 0.1) is 5.08 Å². The molecule has 1 fully saturated rings. The van der Waals surface area contributed by atoms with Crippen molar-refractivity contribution in [3.05, 3.63) is 10.8 Å². The van der Waals surface area contributed by atoms with Gasteiger partial charge in [0.15, 0.2) is 0 Å². The molecule has 7 heavy (non-hydrogen) atoms. The molecule has 0 atom stereocenters. The van der Waals surface area contributed by atoms with Crippen molar-refractivity contribution in [1.29, 1.82) is 0 Å². The lowest BCUT2D eigenvalue weighted by Gasteiger charge is -1.96. The van der Waals surface area contributed by atoms with Crippen molar-refractivity contribution in [3.63, 3.8) is 0 Å². The van der Waals surface area contributed by atoms with Crippen molar-refractivity contribution >= 4 is 22.4 Å². The summed E-state index contributed by atoms with van der Waals surface area (Å²) in [4.78, 5) is 0. The topological polar surface area (TPSA) is 25.1 Å². The second kappa shape index (κ2) is 1.20. The zero-order valence-corrected chi connectivity index (χ0v) is 5.13. The Bertz CT molecular complexity index is 118. The molecule has 0 aromatic carbocycles. The van der Waals surface area contributed by atoms with Gasteiger partial charge in [-0.25, -0.2) is 0 Å². The summed E-state index contributed by atoms with van der Waals surface area (Å²) in [7, 11) is -1.01. The van der Waals surface area contributed by atoms with Crippen molar-refractivity contribution in [2.75, 3.05) is 5.08 Å². The number of rotatable bonds is 0. The third-order valence-corrected chi connectivity index (χ3v) is 4.23. The molecule has 0 radical (unpaired) electrons. The maximum Gasteiger partial charge on any atom is 0.0978 e. The molecular weight excluding hydrogens is 132 g/mol. The van der Waals surface area contributed by atoms with E-state index >= 15 is 0 Å². The summed E-state index contributed by atoms with van der Waals surface area (Å²) in [6.45, 7) is 0. The molecule has 2 aliphatic heterocycles. The lowest BCUT2D eigenvalue weighted by atomic mass is 11.3. The highest BCUT2D eigenvalue weighted by Crippen LogP contribution is 2.71. The van der Waals surface area contributed by atoms with Crippen LogP contribution in [-0.2, 0) is 8.67 Å². The average molecular weight is 136 g/mol. The molecular formula is C3H4O2S2. The molecule has 0 aliphatic carbocycles. The summed E-state index contributed by atoms with van der Waals surface area (Å²) in [5.41, 5.74) is 0. The van der Waals surface area contributed by atoms with Crippen molar-refractivity contribution in [1.82, 2.24) is 0 Å². The molecule has 0 unspecified atom stereocenters. The zero-order chi connectivity index (χ0) is 4.74. The molecule has 2 rings (SSSR count). The number of hydrogen-bond donors (Lipinski definition) is 0. The predicted molar refractivity (Wildman–Crippen MR) is 31.4 cm³/mol. The van der Waals surface area contributed by atoms with Crippen LogP contribution in [-0.4, -0.2) is 5.08 Å². The molecule has 0 bridgehead atoms. The van der Waals surface area contributed by atoms with Crippen molar-refractivity contribution in [3.8, 4) is 0 Å². The van der Waals surface area contributed by atoms with E-state index in [4.69, 9.17) is 8.67 Å². The van der Waals surface area contributed by atoms with Gasteiger partial charge in [0.2, 0.25) is 0 Å². The van der Waals surface area contributed by atoms with Gasteiger partial charge >= 0.3 is 0 Å². The number of hydrogen-bond acceptors (Lipinski definition) is 3. The van der Waals surface area contributed by atoms with Gasteiger partial charge in [0, 0.05) is 5.41 Å². The molecule has 0 N–H and O–H groups in total. The predicted octanol–water partition coefficient (Wildman–Crippen LogP) is 1.76. The quantitative estimate of drug-likeness (QED) is 0.374. The van der Waals surface area contributed by atoms with Gasteiger partial charge in [-0.3, -0.25) is 0 Å². The summed E-state index contributed by atoms with van der Waals surface area (Å²) in [5, 5.41) is 5.05. The van der Waals surface area contributed by atoms with Gasteiger partial charge in [-0.15, -0.1) is 11.8 Å². The van der Waals surface area contributed by atoms with Crippen LogP contribution in [0.5, 0.6) is 0 Å². The Morgan fingerprint density at radius 3 is 2.71 bits per heavy atom. The molecule has 0 amide bonds. The summed E-state index contributed by atoms with van der Waals surface area (Å²) in [5.74, 6) is 0. The van der Waals surface area contributed by atoms with Gasteiger partial charge < -0.3 is 0 Å². The van der Waals surface area contributed by atoms with E-state index in [0.717, 1.165) is 5.08 Å². The van der Waals surface area contributed by atoms with Crippen LogP contribution in [0.1, 0.15) is 0 Å². The Hall–Kier alpha value is 0.360. The standard InChI is InChI=1S/C3H4O2S2/c1-2-7(3-6-1)4-5-7/h1-2H,3H2. The van der Waals surface area contributed by atoms with Gasteiger partial charge in [0.25, 0.3) is 0 Å². The highest BCUT2D eigenvalue weighted by molar-refractivity contribution is 8.40. The lowest BCUT2D eigenvalue weighted by Crippen LogP contribution is -1.66. The Morgan fingerprint density at radius 1 is 1.57 bits per heavy atom. The van der Waals surface area contributed by atoms with E-state index in [-0.39, 0.29) is 0 Å². The summed E-state index contributed by atoms with van der Waals surface area (Å²) < 4.78 is 9.47. The highest BCUT2D eigenvalue weighted by atomic mass is 32.3. The zero-order valence-electron chi connectivity index (χ0n) is 3.49. The largest absolute Gasteiger partial charge is 0.111 e. The van der Waals surface area contributed by atoms with Crippen LogP contribution in [0.15, 0.2) is 10.8 Å². The van der Waals surface area contributed by atoms with E-state index < -0.39 is 10.6 Å². The van der Waals surface area contributed by atoms with Crippen LogP contribution >= 0.6 is 22.4 Å². The first-order valence-corrected chi connectivity index (χ1v) is 4.65. The van der Waals surface area contributed by atoms with Crippen molar-refractivity contribution in [2.45, 2.75) is 0 Å². The van der Waals surface area contributed by atoms with Crippen LogP contribution in [0.4, 0.5) is 0 Å². The molecule has 4 heteroatoms. The maximum absolute atomic E-state index is 4.73. The minimum Gasteiger partial charge on any atom is -0.111 e. The second-order valence-electron chi connectivity index (χ2n) is 1.36. The Labute approximate surface area is 47.5 Å². The minimum atomic E-state index is -1.01. The Morgan fingerprint density at radius 2 is 2.43 bits per heavy atom. The van der Waals surface area contributed by atoms with Crippen LogP contribution in [0.2, 0.25) is 0 Å². The Kier molecular flexibility index (Phi) is 0.728. The van der Waals surface area contributed by atoms with Gasteiger partial charge in [-0.1, -0.05) is 19.3 Å². The smallest absolute Gasteiger partial charge is 0.0978 e.